The molecule has 0 fully saturated rings. The van der Waals surface area contributed by atoms with E-state index in [1.165, 1.54) is 4.72 Å². The Labute approximate surface area is 82.9 Å². The predicted octanol–water partition coefficient (Wildman–Crippen LogP) is 0.385. The van der Waals surface area contributed by atoms with Crippen molar-refractivity contribution in [2.75, 3.05) is 7.05 Å². The molecule has 0 amide bonds. The topological polar surface area (TPSA) is 70.6 Å². The maximum absolute atomic E-state index is 11.8. The van der Waals surface area contributed by atoms with Crippen LogP contribution in [0.3, 0.4) is 0 Å². The third-order valence-corrected chi connectivity index (χ3v) is 2.84. The van der Waals surface area contributed by atoms with Crippen molar-refractivity contribution in [3.8, 4) is 0 Å². The number of hydrogen-bond acceptors (Lipinski definition) is 3. The van der Waals surface area contributed by atoms with Gasteiger partial charge < -0.3 is 5.09 Å². The summed E-state index contributed by atoms with van der Waals surface area (Å²) in [6.45, 7) is 0. The van der Waals surface area contributed by atoms with Crippen molar-refractivity contribution in [2.45, 2.75) is 5.51 Å². The number of nitrogens with one attached hydrogen (secondary N) is 2. The van der Waals surface area contributed by atoms with Crippen LogP contribution in [0.2, 0.25) is 0 Å². The van der Waals surface area contributed by atoms with Gasteiger partial charge >= 0.3 is 15.5 Å². The molecule has 0 saturated carbocycles. The zero-order chi connectivity index (χ0) is 11.4. The normalized spacial score (nSPS) is 14.8. The summed E-state index contributed by atoms with van der Waals surface area (Å²) >= 11 is 0. The second-order valence-electron chi connectivity index (χ2n) is 1.89. The molecule has 0 saturated heterocycles. The van der Waals surface area contributed by atoms with E-state index in [-0.39, 0.29) is 8.42 Å². The molecule has 2 atom stereocenters. The van der Waals surface area contributed by atoms with Crippen LogP contribution in [0.1, 0.15) is 0 Å². The van der Waals surface area contributed by atoms with Crippen LogP contribution in [0.5, 0.6) is 0 Å². The minimum absolute atomic E-state index is 0.0442. The molecule has 0 spiro atoms. The van der Waals surface area contributed by atoms with E-state index >= 15 is 0 Å². The van der Waals surface area contributed by atoms with Crippen molar-refractivity contribution in [1.82, 2.24) is 9.81 Å². The monoisotopic (exact) mass is 269 g/mol. The van der Waals surface area contributed by atoms with Crippen LogP contribution < -0.4 is 9.81 Å². The van der Waals surface area contributed by atoms with E-state index in [0.717, 1.165) is 7.05 Å². The lowest BCUT2D eigenvalue weighted by atomic mass is 11.1. The second-order valence-corrected chi connectivity index (χ2v) is 4.97. The van der Waals surface area contributed by atoms with Gasteiger partial charge in [-0.05, 0) is 8.42 Å². The lowest BCUT2D eigenvalue weighted by Crippen LogP contribution is -2.43. The molecule has 0 aromatic carbocycles. The first kappa shape index (κ1) is 13.9. The van der Waals surface area contributed by atoms with Crippen molar-refractivity contribution in [1.29, 1.82) is 0 Å². The molecule has 0 heterocycles. The van der Waals surface area contributed by atoms with E-state index < -0.39 is 21.5 Å². The van der Waals surface area contributed by atoms with Crippen LogP contribution in [0.15, 0.2) is 4.99 Å². The third-order valence-electron chi connectivity index (χ3n) is 0.950. The highest BCUT2D eigenvalue weighted by Gasteiger charge is 2.46. The number of halogens is 3. The first-order valence-corrected chi connectivity index (χ1v) is 7.31. The minimum Gasteiger partial charge on any atom is -0.334 e. The van der Waals surface area contributed by atoms with E-state index in [9.17, 15) is 21.6 Å². The number of hydrogen-bond donors (Lipinski definition) is 2. The Morgan fingerprint density at radius 3 is 2.29 bits per heavy atom. The number of guanidine groups is 1. The molecule has 2 N–H and O–H groups in total. The molecule has 0 aromatic heterocycles. The van der Waals surface area contributed by atoms with Gasteiger partial charge in [0.15, 0.2) is 0 Å². The largest absolute Gasteiger partial charge is 0.516 e. The lowest BCUT2D eigenvalue weighted by molar-refractivity contribution is -0.0442. The van der Waals surface area contributed by atoms with E-state index in [0.29, 0.717) is 0 Å². The molecule has 0 rings (SSSR count). The molecule has 5 nitrogen and oxygen atoms in total. The Morgan fingerprint density at radius 2 is 2.00 bits per heavy atom. The molecule has 0 radical (unpaired) electrons. The Bertz CT molecular complexity index is 314. The van der Waals surface area contributed by atoms with Gasteiger partial charge in [0, 0.05) is 7.05 Å². The highest BCUT2D eigenvalue weighted by molar-refractivity contribution is 8.02. The Kier molecular flexibility index (Phi) is 5.05. The molecule has 0 aromatic rings. The highest BCUT2D eigenvalue weighted by Crippen LogP contribution is 2.21. The van der Waals surface area contributed by atoms with Crippen LogP contribution >= 0.6 is 17.3 Å². The van der Waals surface area contributed by atoms with Gasteiger partial charge in [0.1, 0.15) is 0 Å². The Morgan fingerprint density at radius 1 is 1.50 bits per heavy atom. The molecular weight excluding hydrogens is 261 g/mol. The molecule has 14 heavy (non-hydrogen) atoms. The molecule has 0 aliphatic heterocycles. The van der Waals surface area contributed by atoms with Crippen molar-refractivity contribution < 1.29 is 21.6 Å². The summed E-state index contributed by atoms with van der Waals surface area (Å²) in [6, 6.07) is 0. The molecule has 11 heteroatoms. The molecule has 0 bridgehead atoms. The first-order chi connectivity index (χ1) is 6.24. The van der Waals surface area contributed by atoms with Gasteiger partial charge in [-0.1, -0.05) is 8.93 Å². The van der Waals surface area contributed by atoms with Gasteiger partial charge in [-0.15, -0.1) is 0 Å². The van der Waals surface area contributed by atoms with Crippen molar-refractivity contribution in [3.05, 3.63) is 0 Å². The average molecular weight is 269 g/mol. The highest BCUT2D eigenvalue weighted by atomic mass is 32.2. The number of alkyl halides is 3. The summed E-state index contributed by atoms with van der Waals surface area (Å²) in [5, 5.41) is 2.31. The van der Waals surface area contributed by atoms with Crippen LogP contribution in [0.4, 0.5) is 13.2 Å². The molecule has 0 aliphatic rings. The SMILES string of the molecule is CN=C(NPP)NS(=O)(=O)C(F)(F)F. The van der Waals surface area contributed by atoms with Crippen molar-refractivity contribution in [3.63, 3.8) is 0 Å². The smallest absolute Gasteiger partial charge is 0.334 e. The summed E-state index contributed by atoms with van der Waals surface area (Å²) in [5.41, 5.74) is -5.34. The minimum atomic E-state index is -5.38. The van der Waals surface area contributed by atoms with Gasteiger partial charge in [-0.3, -0.25) is 4.99 Å². The molecule has 84 valence electrons. The van der Waals surface area contributed by atoms with Gasteiger partial charge in [0.05, 0.1) is 0 Å². The van der Waals surface area contributed by atoms with Crippen LogP contribution in [0, 0.1) is 0 Å². The van der Waals surface area contributed by atoms with E-state index in [4.69, 9.17) is 0 Å². The van der Waals surface area contributed by atoms with E-state index in [1.807, 2.05) is 0 Å². The van der Waals surface area contributed by atoms with Crippen molar-refractivity contribution >= 4 is 33.3 Å². The van der Waals surface area contributed by atoms with E-state index in [2.05, 4.69) is 19.0 Å². The fourth-order valence-corrected chi connectivity index (χ4v) is 1.70. The molecule has 0 aliphatic carbocycles. The quantitative estimate of drug-likeness (QED) is 0.432. The number of sulfonamides is 1. The number of aliphatic imine (C=N–C) groups is 1. The van der Waals surface area contributed by atoms with Crippen LogP contribution in [-0.2, 0) is 10.0 Å². The van der Waals surface area contributed by atoms with Gasteiger partial charge in [0.25, 0.3) is 0 Å². The summed E-state index contributed by atoms with van der Waals surface area (Å²) in [7, 11) is -2.09. The Balaban J connectivity index is 4.68. The van der Waals surface area contributed by atoms with Crippen LogP contribution in [-0.4, -0.2) is 26.9 Å². The lowest BCUT2D eigenvalue weighted by Gasteiger charge is -2.12. The van der Waals surface area contributed by atoms with Crippen molar-refractivity contribution in [2.24, 2.45) is 4.99 Å². The molecular formula is C3H8F3N3O2P2S. The van der Waals surface area contributed by atoms with Gasteiger partial charge in [-0.2, -0.15) is 21.6 Å². The summed E-state index contributed by atoms with van der Waals surface area (Å²) < 4.78 is 57.8. The first-order valence-electron chi connectivity index (χ1n) is 3.02. The second kappa shape index (κ2) is 5.09. The fourth-order valence-electron chi connectivity index (χ4n) is 0.381. The number of nitrogens with zero attached hydrogens (tertiary/aromatic N) is 1. The van der Waals surface area contributed by atoms with E-state index in [1.54, 1.807) is 0 Å². The summed E-state index contributed by atoms with van der Waals surface area (Å²) in [6.07, 6.45) is 0. The fraction of sp³-hybridized carbons (Fsp3) is 0.667. The average Bonchev–Trinajstić information content (AvgIpc) is 2.01. The third kappa shape index (κ3) is 3.94. The zero-order valence-electron chi connectivity index (χ0n) is 6.88. The standard InChI is InChI=1S/C3H8F3N3O2P2S/c1-7-2(8-13-12)9-14(10,11)3(4,5)6/h13H,12H2,1H3,(H2,7,8,9). The van der Waals surface area contributed by atoms with Gasteiger partial charge in [-0.25, -0.2) is 4.72 Å². The van der Waals surface area contributed by atoms with Gasteiger partial charge in [0.2, 0.25) is 5.96 Å². The maximum atomic E-state index is 11.8. The number of rotatable bonds is 2. The maximum Gasteiger partial charge on any atom is 0.516 e. The predicted molar refractivity (Wildman–Crippen MR) is 52.6 cm³/mol. The zero-order valence-corrected chi connectivity index (χ0v) is 9.85. The molecule has 2 unspecified atom stereocenters. The summed E-state index contributed by atoms with van der Waals surface area (Å²) in [5.74, 6) is -0.448. The Hall–Kier alpha value is -0.130. The van der Waals surface area contributed by atoms with Crippen LogP contribution in [0.25, 0.3) is 0 Å². The summed E-state index contributed by atoms with van der Waals surface area (Å²) in [4.78, 5) is 3.29.